The highest BCUT2D eigenvalue weighted by Gasteiger charge is 2.32. The van der Waals surface area contributed by atoms with Crippen LogP contribution in [0.5, 0.6) is 0 Å². The number of nitrogens with one attached hydrogen (secondary N) is 1. The van der Waals surface area contributed by atoms with Gasteiger partial charge in [-0.1, -0.05) is 20.8 Å². The molecule has 0 aromatic heterocycles. The molecule has 2 atom stereocenters. The minimum Gasteiger partial charge on any atom is -0.316 e. The largest absolute Gasteiger partial charge is 0.316 e. The van der Waals surface area contributed by atoms with E-state index in [9.17, 15) is 0 Å². The average molecular weight is 226 g/mol. The molecule has 2 heteroatoms. The predicted molar refractivity (Wildman–Crippen MR) is 71.7 cm³/mol. The van der Waals surface area contributed by atoms with E-state index in [1.54, 1.807) is 0 Å². The molecule has 1 rings (SSSR count). The molecule has 0 heterocycles. The van der Waals surface area contributed by atoms with Crippen molar-refractivity contribution in [2.24, 2.45) is 17.8 Å². The lowest BCUT2D eigenvalue weighted by Gasteiger charge is -2.16. The minimum atomic E-state index is 0.777. The fourth-order valence-electron chi connectivity index (χ4n) is 2.17. The van der Waals surface area contributed by atoms with Crippen molar-refractivity contribution in [3.63, 3.8) is 0 Å². The Morgan fingerprint density at radius 3 is 2.56 bits per heavy atom. The molecule has 0 aromatic carbocycles. The Balaban J connectivity index is 1.83. The summed E-state index contributed by atoms with van der Waals surface area (Å²) in [6.07, 6.45) is 4.11. The molecule has 1 saturated carbocycles. The van der Waals surface area contributed by atoms with Crippen LogP contribution in [0.1, 0.15) is 40.0 Å². The van der Waals surface area contributed by atoms with Crippen LogP contribution >= 0.6 is 0 Å². The van der Waals surface area contributed by atoms with Gasteiger partial charge in [-0.05, 0) is 63.7 Å². The number of unbranched alkanes of at least 4 members (excludes halogenated alkanes) is 1. The summed E-state index contributed by atoms with van der Waals surface area (Å²) < 4.78 is 0. The van der Waals surface area contributed by atoms with E-state index in [2.05, 4.69) is 38.0 Å². The van der Waals surface area contributed by atoms with Crippen LogP contribution < -0.4 is 5.32 Å². The lowest BCUT2D eigenvalue weighted by Crippen LogP contribution is -2.25. The Hall–Kier alpha value is -0.0800. The molecule has 0 bridgehead atoms. The topological polar surface area (TPSA) is 15.3 Å². The van der Waals surface area contributed by atoms with Gasteiger partial charge in [0.2, 0.25) is 0 Å². The summed E-state index contributed by atoms with van der Waals surface area (Å²) >= 11 is 0. The van der Waals surface area contributed by atoms with Crippen molar-refractivity contribution in [1.29, 1.82) is 0 Å². The number of hydrogen-bond acceptors (Lipinski definition) is 2. The van der Waals surface area contributed by atoms with Crippen molar-refractivity contribution in [1.82, 2.24) is 10.2 Å². The van der Waals surface area contributed by atoms with Gasteiger partial charge in [-0.15, -0.1) is 0 Å². The first-order chi connectivity index (χ1) is 7.59. The molecule has 0 amide bonds. The molecule has 2 nitrogen and oxygen atoms in total. The highest BCUT2D eigenvalue weighted by atomic mass is 15.1. The molecule has 0 radical (unpaired) electrons. The van der Waals surface area contributed by atoms with Crippen LogP contribution in [-0.4, -0.2) is 38.1 Å². The fourth-order valence-corrected chi connectivity index (χ4v) is 2.17. The highest BCUT2D eigenvalue weighted by Crippen LogP contribution is 2.37. The Morgan fingerprint density at radius 1 is 1.31 bits per heavy atom. The second-order valence-electron chi connectivity index (χ2n) is 6.04. The Bertz CT molecular complexity index is 180. The van der Waals surface area contributed by atoms with Gasteiger partial charge in [0.05, 0.1) is 0 Å². The standard InChI is InChI=1S/C14H30N2/c1-12(2)10-15-7-5-6-8-16(4)11-14-9-13(14)3/h12-15H,5-11H2,1-4H3. The predicted octanol–water partition coefficient (Wildman–Crippen LogP) is 2.60. The quantitative estimate of drug-likeness (QED) is 0.608. The van der Waals surface area contributed by atoms with Gasteiger partial charge in [0.15, 0.2) is 0 Å². The first kappa shape index (κ1) is 14.0. The van der Waals surface area contributed by atoms with Gasteiger partial charge in [0.25, 0.3) is 0 Å². The Labute approximate surface area is 102 Å². The summed E-state index contributed by atoms with van der Waals surface area (Å²) in [7, 11) is 2.27. The van der Waals surface area contributed by atoms with Crippen molar-refractivity contribution in [3.05, 3.63) is 0 Å². The zero-order valence-corrected chi connectivity index (χ0v) is 11.6. The lowest BCUT2D eigenvalue weighted by atomic mass is 10.2. The molecule has 1 N–H and O–H groups in total. The van der Waals surface area contributed by atoms with Crippen LogP contribution in [0.2, 0.25) is 0 Å². The Kier molecular flexibility index (Phi) is 6.37. The smallest absolute Gasteiger partial charge is 0.000926 e. The van der Waals surface area contributed by atoms with Crippen LogP contribution in [0.25, 0.3) is 0 Å². The van der Waals surface area contributed by atoms with Crippen molar-refractivity contribution in [3.8, 4) is 0 Å². The van der Waals surface area contributed by atoms with Crippen molar-refractivity contribution in [2.45, 2.75) is 40.0 Å². The first-order valence-electron chi connectivity index (χ1n) is 6.99. The van der Waals surface area contributed by atoms with Gasteiger partial charge >= 0.3 is 0 Å². The van der Waals surface area contributed by atoms with Crippen LogP contribution in [0.4, 0.5) is 0 Å². The van der Waals surface area contributed by atoms with Crippen molar-refractivity contribution >= 4 is 0 Å². The van der Waals surface area contributed by atoms with Gasteiger partial charge in [-0.2, -0.15) is 0 Å². The molecule has 96 valence electrons. The molecule has 0 spiro atoms. The molecule has 2 unspecified atom stereocenters. The number of hydrogen-bond donors (Lipinski definition) is 1. The van der Waals surface area contributed by atoms with E-state index in [1.807, 2.05) is 0 Å². The highest BCUT2D eigenvalue weighted by molar-refractivity contribution is 4.84. The van der Waals surface area contributed by atoms with E-state index in [0.717, 1.165) is 24.3 Å². The molecule has 16 heavy (non-hydrogen) atoms. The van der Waals surface area contributed by atoms with E-state index in [-0.39, 0.29) is 0 Å². The molecule has 0 saturated heterocycles. The van der Waals surface area contributed by atoms with Crippen LogP contribution in [0, 0.1) is 17.8 Å². The third kappa shape index (κ3) is 6.49. The molecular formula is C14H30N2. The third-order valence-electron chi connectivity index (χ3n) is 3.52. The van der Waals surface area contributed by atoms with E-state index >= 15 is 0 Å². The van der Waals surface area contributed by atoms with E-state index < -0.39 is 0 Å². The number of nitrogens with zero attached hydrogens (tertiary/aromatic N) is 1. The summed E-state index contributed by atoms with van der Waals surface area (Å²) in [4.78, 5) is 2.51. The van der Waals surface area contributed by atoms with Crippen LogP contribution in [0.3, 0.4) is 0 Å². The van der Waals surface area contributed by atoms with Crippen molar-refractivity contribution < 1.29 is 0 Å². The summed E-state index contributed by atoms with van der Waals surface area (Å²) in [6.45, 7) is 11.8. The second-order valence-corrected chi connectivity index (χ2v) is 6.04. The third-order valence-corrected chi connectivity index (χ3v) is 3.52. The first-order valence-corrected chi connectivity index (χ1v) is 6.99. The summed E-state index contributed by atoms with van der Waals surface area (Å²) in [6, 6.07) is 0. The summed E-state index contributed by atoms with van der Waals surface area (Å²) in [5.41, 5.74) is 0. The molecule has 1 aliphatic rings. The minimum absolute atomic E-state index is 0.777. The van der Waals surface area contributed by atoms with Crippen LogP contribution in [0.15, 0.2) is 0 Å². The molecule has 0 aliphatic heterocycles. The van der Waals surface area contributed by atoms with Gasteiger partial charge < -0.3 is 10.2 Å². The maximum absolute atomic E-state index is 3.50. The molecule has 1 aliphatic carbocycles. The monoisotopic (exact) mass is 226 g/mol. The lowest BCUT2D eigenvalue weighted by molar-refractivity contribution is 0.307. The van der Waals surface area contributed by atoms with Gasteiger partial charge in [0.1, 0.15) is 0 Å². The maximum atomic E-state index is 3.50. The molecule has 0 aromatic rings. The SMILES string of the molecule is CC(C)CNCCCCN(C)CC1CC1C. The normalized spacial score (nSPS) is 24.4. The fraction of sp³-hybridized carbons (Fsp3) is 1.00. The Morgan fingerprint density at radius 2 is 2.00 bits per heavy atom. The average Bonchev–Trinajstić information content (AvgIpc) is 2.87. The van der Waals surface area contributed by atoms with E-state index in [0.29, 0.717) is 0 Å². The molecular weight excluding hydrogens is 196 g/mol. The summed E-state index contributed by atoms with van der Waals surface area (Å²) in [5, 5.41) is 3.50. The van der Waals surface area contributed by atoms with E-state index in [1.165, 1.54) is 38.9 Å². The molecule has 1 fully saturated rings. The van der Waals surface area contributed by atoms with Gasteiger partial charge in [0, 0.05) is 6.54 Å². The summed E-state index contributed by atoms with van der Waals surface area (Å²) in [5.74, 6) is 2.78. The number of rotatable bonds is 9. The second kappa shape index (κ2) is 7.29. The zero-order valence-electron chi connectivity index (χ0n) is 11.6. The van der Waals surface area contributed by atoms with Crippen molar-refractivity contribution in [2.75, 3.05) is 33.2 Å². The van der Waals surface area contributed by atoms with Crippen LogP contribution in [-0.2, 0) is 0 Å². The van der Waals surface area contributed by atoms with Gasteiger partial charge in [-0.3, -0.25) is 0 Å². The zero-order chi connectivity index (χ0) is 12.0. The van der Waals surface area contributed by atoms with E-state index in [4.69, 9.17) is 0 Å². The maximum Gasteiger partial charge on any atom is 0.000926 e. The van der Waals surface area contributed by atoms with Gasteiger partial charge in [-0.25, -0.2) is 0 Å².